The second-order valence-electron chi connectivity index (χ2n) is 4.72. The van der Waals surface area contributed by atoms with Gasteiger partial charge in [0.15, 0.2) is 0 Å². The fourth-order valence-electron chi connectivity index (χ4n) is 1.67. The molecular formula is C13H16FN3O4. The summed E-state index contributed by atoms with van der Waals surface area (Å²) in [5.74, 6) is -3.08. The van der Waals surface area contributed by atoms with Gasteiger partial charge in [-0.25, -0.2) is 14.0 Å². The summed E-state index contributed by atoms with van der Waals surface area (Å²) in [6, 6.07) is 1.20. The van der Waals surface area contributed by atoms with E-state index in [9.17, 15) is 18.8 Å². The molecule has 0 radical (unpaired) electrons. The van der Waals surface area contributed by atoms with E-state index in [1.54, 1.807) is 13.8 Å². The molecule has 0 aliphatic rings. The fraction of sp³-hybridized carbons (Fsp3) is 0.308. The van der Waals surface area contributed by atoms with Gasteiger partial charge in [0.1, 0.15) is 11.9 Å². The van der Waals surface area contributed by atoms with Crippen LogP contribution >= 0.6 is 0 Å². The van der Waals surface area contributed by atoms with Crippen LogP contribution in [-0.4, -0.2) is 29.1 Å². The Labute approximate surface area is 120 Å². The molecule has 1 atom stereocenters. The zero-order chi connectivity index (χ0) is 16.2. The number of primary amides is 1. The van der Waals surface area contributed by atoms with Crippen LogP contribution in [-0.2, 0) is 4.79 Å². The first kappa shape index (κ1) is 16.4. The van der Waals surface area contributed by atoms with Gasteiger partial charge in [0.25, 0.3) is 0 Å². The number of halogens is 1. The summed E-state index contributed by atoms with van der Waals surface area (Å²) in [7, 11) is 0. The van der Waals surface area contributed by atoms with Crippen molar-refractivity contribution in [2.75, 3.05) is 5.32 Å². The van der Waals surface area contributed by atoms with E-state index in [-0.39, 0.29) is 11.6 Å². The molecule has 3 amide bonds. The number of nitrogens with one attached hydrogen (secondary N) is 2. The first-order chi connectivity index (χ1) is 9.72. The molecule has 0 aliphatic carbocycles. The third-order valence-corrected chi connectivity index (χ3v) is 2.72. The SMILES string of the molecule is CC(C)C(NC(=O)Nc1ccc(F)cc1C(=O)O)C(N)=O. The number of carboxylic acids is 1. The van der Waals surface area contributed by atoms with E-state index in [2.05, 4.69) is 10.6 Å². The Bertz CT molecular complexity index is 575. The average molecular weight is 297 g/mol. The van der Waals surface area contributed by atoms with Gasteiger partial charge in [-0.15, -0.1) is 0 Å². The van der Waals surface area contributed by atoms with Gasteiger partial charge in [-0.05, 0) is 24.1 Å². The summed E-state index contributed by atoms with van der Waals surface area (Å²) in [6.45, 7) is 3.38. The van der Waals surface area contributed by atoms with Crippen LogP contribution in [0.5, 0.6) is 0 Å². The van der Waals surface area contributed by atoms with E-state index in [1.165, 1.54) is 0 Å². The zero-order valence-corrected chi connectivity index (χ0v) is 11.5. The second kappa shape index (κ2) is 6.69. The Morgan fingerprint density at radius 2 is 1.90 bits per heavy atom. The van der Waals surface area contributed by atoms with E-state index in [0.717, 1.165) is 18.2 Å². The maximum atomic E-state index is 13.0. The van der Waals surface area contributed by atoms with Crippen LogP contribution in [0.4, 0.5) is 14.9 Å². The van der Waals surface area contributed by atoms with Gasteiger partial charge >= 0.3 is 12.0 Å². The minimum Gasteiger partial charge on any atom is -0.478 e. The number of amides is 3. The van der Waals surface area contributed by atoms with Crippen molar-refractivity contribution in [3.63, 3.8) is 0 Å². The van der Waals surface area contributed by atoms with E-state index in [1.807, 2.05) is 0 Å². The van der Waals surface area contributed by atoms with Crippen molar-refractivity contribution in [1.29, 1.82) is 0 Å². The second-order valence-corrected chi connectivity index (χ2v) is 4.72. The van der Waals surface area contributed by atoms with Gasteiger partial charge in [-0.3, -0.25) is 4.79 Å². The van der Waals surface area contributed by atoms with E-state index >= 15 is 0 Å². The highest BCUT2D eigenvalue weighted by Crippen LogP contribution is 2.17. The normalized spacial score (nSPS) is 11.8. The molecule has 0 saturated heterocycles. The minimum atomic E-state index is -1.39. The van der Waals surface area contributed by atoms with Gasteiger partial charge in [0.2, 0.25) is 5.91 Å². The van der Waals surface area contributed by atoms with Crippen molar-refractivity contribution in [2.45, 2.75) is 19.9 Å². The predicted molar refractivity (Wildman–Crippen MR) is 73.3 cm³/mol. The van der Waals surface area contributed by atoms with Gasteiger partial charge in [0, 0.05) is 0 Å². The van der Waals surface area contributed by atoms with E-state index in [4.69, 9.17) is 10.8 Å². The van der Waals surface area contributed by atoms with Crippen molar-refractivity contribution in [3.05, 3.63) is 29.6 Å². The molecule has 1 rings (SSSR count). The molecule has 0 spiro atoms. The van der Waals surface area contributed by atoms with Gasteiger partial charge in [-0.1, -0.05) is 13.8 Å². The Kier molecular flexibility index (Phi) is 5.23. The van der Waals surface area contributed by atoms with Crippen molar-refractivity contribution < 1.29 is 23.9 Å². The molecule has 0 bridgehead atoms. The lowest BCUT2D eigenvalue weighted by Gasteiger charge is -2.19. The quantitative estimate of drug-likeness (QED) is 0.651. The number of hydrogen-bond acceptors (Lipinski definition) is 3. The lowest BCUT2D eigenvalue weighted by molar-refractivity contribution is -0.120. The Morgan fingerprint density at radius 3 is 2.38 bits per heavy atom. The topological polar surface area (TPSA) is 122 Å². The Balaban J connectivity index is 2.89. The van der Waals surface area contributed by atoms with Crippen LogP contribution in [0.25, 0.3) is 0 Å². The molecule has 0 aromatic heterocycles. The molecule has 5 N–H and O–H groups in total. The monoisotopic (exact) mass is 297 g/mol. The Morgan fingerprint density at radius 1 is 1.29 bits per heavy atom. The molecule has 1 unspecified atom stereocenters. The standard InChI is InChI=1S/C13H16FN3O4/c1-6(2)10(11(15)18)17-13(21)16-9-4-3-7(14)5-8(9)12(19)20/h3-6,10H,1-2H3,(H2,15,18)(H,19,20)(H2,16,17,21). The average Bonchev–Trinajstić information content (AvgIpc) is 2.37. The number of benzene rings is 1. The Hall–Kier alpha value is -2.64. The van der Waals surface area contributed by atoms with Crippen molar-refractivity contribution in [1.82, 2.24) is 5.32 Å². The van der Waals surface area contributed by atoms with Gasteiger partial charge in [0.05, 0.1) is 11.3 Å². The molecule has 1 aromatic rings. The number of aromatic carboxylic acids is 1. The maximum absolute atomic E-state index is 13.0. The van der Waals surface area contributed by atoms with E-state index < -0.39 is 35.3 Å². The van der Waals surface area contributed by atoms with Crippen molar-refractivity contribution >= 4 is 23.6 Å². The van der Waals surface area contributed by atoms with Crippen LogP contribution in [0.2, 0.25) is 0 Å². The first-order valence-electron chi connectivity index (χ1n) is 6.12. The number of urea groups is 1. The summed E-state index contributed by atoms with van der Waals surface area (Å²) in [5.41, 5.74) is 4.66. The third-order valence-electron chi connectivity index (χ3n) is 2.72. The van der Waals surface area contributed by atoms with Gasteiger partial charge < -0.3 is 21.5 Å². The number of carbonyl (C=O) groups is 3. The number of hydrogen-bond donors (Lipinski definition) is 4. The van der Waals surface area contributed by atoms with Crippen LogP contribution < -0.4 is 16.4 Å². The van der Waals surface area contributed by atoms with E-state index in [0.29, 0.717) is 0 Å². The van der Waals surface area contributed by atoms with Crippen LogP contribution in [0.15, 0.2) is 18.2 Å². The molecule has 0 aliphatic heterocycles. The summed E-state index contributed by atoms with van der Waals surface area (Å²) in [6.07, 6.45) is 0. The third kappa shape index (κ3) is 4.44. The van der Waals surface area contributed by atoms with Crippen LogP contribution in [0.3, 0.4) is 0 Å². The molecule has 7 nitrogen and oxygen atoms in total. The molecule has 114 valence electrons. The molecule has 0 heterocycles. The molecular weight excluding hydrogens is 281 g/mol. The zero-order valence-electron chi connectivity index (χ0n) is 11.5. The lowest BCUT2D eigenvalue weighted by Crippen LogP contribution is -2.49. The highest BCUT2D eigenvalue weighted by molar-refractivity contribution is 6.00. The molecule has 0 saturated carbocycles. The van der Waals surface area contributed by atoms with Gasteiger partial charge in [-0.2, -0.15) is 0 Å². The summed E-state index contributed by atoms with van der Waals surface area (Å²) in [5, 5.41) is 13.5. The summed E-state index contributed by atoms with van der Waals surface area (Å²) >= 11 is 0. The number of carboxylic acid groups (broad SMARTS) is 1. The summed E-state index contributed by atoms with van der Waals surface area (Å²) in [4.78, 5) is 33.9. The minimum absolute atomic E-state index is 0.0895. The molecule has 8 heteroatoms. The van der Waals surface area contributed by atoms with Crippen LogP contribution in [0, 0.1) is 11.7 Å². The maximum Gasteiger partial charge on any atom is 0.337 e. The predicted octanol–water partition coefficient (Wildman–Crippen LogP) is 1.16. The molecule has 21 heavy (non-hydrogen) atoms. The number of rotatable bonds is 5. The summed E-state index contributed by atoms with van der Waals surface area (Å²) < 4.78 is 13.0. The molecule has 0 fully saturated rings. The number of nitrogens with two attached hydrogens (primary N) is 1. The molecule has 1 aromatic carbocycles. The first-order valence-corrected chi connectivity index (χ1v) is 6.12. The van der Waals surface area contributed by atoms with Crippen molar-refractivity contribution in [2.24, 2.45) is 11.7 Å². The number of carbonyl (C=O) groups excluding carboxylic acids is 2. The largest absolute Gasteiger partial charge is 0.478 e. The van der Waals surface area contributed by atoms with Crippen LogP contribution in [0.1, 0.15) is 24.2 Å². The number of anilines is 1. The highest BCUT2D eigenvalue weighted by Gasteiger charge is 2.22. The van der Waals surface area contributed by atoms with Crippen molar-refractivity contribution in [3.8, 4) is 0 Å². The highest BCUT2D eigenvalue weighted by atomic mass is 19.1. The smallest absolute Gasteiger partial charge is 0.337 e. The lowest BCUT2D eigenvalue weighted by atomic mass is 10.0. The fourth-order valence-corrected chi connectivity index (χ4v) is 1.67.